The molecule has 30 heavy (non-hydrogen) atoms. The summed E-state index contributed by atoms with van der Waals surface area (Å²) < 4.78 is 12.5. The van der Waals surface area contributed by atoms with Crippen LogP contribution in [0.1, 0.15) is 11.3 Å². The molecule has 0 saturated heterocycles. The van der Waals surface area contributed by atoms with Crippen LogP contribution < -0.4 is 14.8 Å². The van der Waals surface area contributed by atoms with Gasteiger partial charge in [-0.1, -0.05) is 24.3 Å². The van der Waals surface area contributed by atoms with Crippen molar-refractivity contribution >= 4 is 22.2 Å². The molecule has 6 nitrogen and oxygen atoms in total. The van der Waals surface area contributed by atoms with Gasteiger partial charge in [0, 0.05) is 29.4 Å². The van der Waals surface area contributed by atoms with E-state index < -0.39 is 0 Å². The lowest BCUT2D eigenvalue weighted by molar-refractivity contribution is -0.120. The van der Waals surface area contributed by atoms with Crippen LogP contribution in [0.3, 0.4) is 0 Å². The summed E-state index contributed by atoms with van der Waals surface area (Å²) in [6, 6.07) is 15.7. The Balaban J connectivity index is 1.38. The number of hydrogen-bond donors (Lipinski definition) is 1. The van der Waals surface area contributed by atoms with Crippen molar-refractivity contribution in [2.75, 3.05) is 20.8 Å². The summed E-state index contributed by atoms with van der Waals surface area (Å²) in [4.78, 5) is 18.0. The molecule has 0 aliphatic heterocycles. The highest BCUT2D eigenvalue weighted by molar-refractivity contribution is 7.15. The van der Waals surface area contributed by atoms with E-state index in [0.717, 1.165) is 45.4 Å². The van der Waals surface area contributed by atoms with Crippen LogP contribution in [0, 0.1) is 0 Å². The molecule has 1 N–H and O–H groups in total. The van der Waals surface area contributed by atoms with E-state index in [4.69, 9.17) is 9.47 Å². The number of benzene rings is 2. The van der Waals surface area contributed by atoms with Crippen molar-refractivity contribution in [1.29, 1.82) is 0 Å². The van der Waals surface area contributed by atoms with Gasteiger partial charge in [-0.2, -0.15) is 0 Å². The molecule has 2 heterocycles. The van der Waals surface area contributed by atoms with E-state index in [-0.39, 0.29) is 5.91 Å². The van der Waals surface area contributed by atoms with Gasteiger partial charge in [0.15, 0.2) is 4.96 Å². The first-order valence-electron chi connectivity index (χ1n) is 9.66. The van der Waals surface area contributed by atoms with Gasteiger partial charge in [0.05, 0.1) is 26.3 Å². The molecule has 0 saturated carbocycles. The predicted octanol–water partition coefficient (Wildman–Crippen LogP) is 3.98. The van der Waals surface area contributed by atoms with Crippen LogP contribution in [0.5, 0.6) is 11.5 Å². The first-order valence-corrected chi connectivity index (χ1v) is 10.5. The highest BCUT2D eigenvalue weighted by atomic mass is 32.1. The minimum absolute atomic E-state index is 0.000146. The van der Waals surface area contributed by atoms with Crippen molar-refractivity contribution in [3.05, 3.63) is 71.4 Å². The number of ether oxygens (including phenoxy) is 2. The quantitative estimate of drug-likeness (QED) is 0.467. The number of aromatic nitrogens is 2. The zero-order chi connectivity index (χ0) is 20.9. The summed E-state index contributed by atoms with van der Waals surface area (Å²) >= 11 is 1.53. The third kappa shape index (κ3) is 4.46. The minimum atomic E-state index is -0.000146. The number of fused-ring (bicyclic) bond motifs is 1. The predicted molar refractivity (Wildman–Crippen MR) is 118 cm³/mol. The Morgan fingerprint density at radius 1 is 1.10 bits per heavy atom. The number of carbonyl (C=O) groups excluding carboxylic acids is 1. The van der Waals surface area contributed by atoms with E-state index >= 15 is 0 Å². The number of amides is 1. The van der Waals surface area contributed by atoms with Crippen LogP contribution in [0.2, 0.25) is 0 Å². The topological polar surface area (TPSA) is 64.9 Å². The molecule has 4 rings (SSSR count). The number of rotatable bonds is 8. The molecule has 1 amide bonds. The minimum Gasteiger partial charge on any atom is -0.497 e. The molecule has 4 aromatic rings. The molecule has 0 fully saturated rings. The number of imidazole rings is 1. The van der Waals surface area contributed by atoms with Gasteiger partial charge >= 0.3 is 0 Å². The standard InChI is InChI=1S/C23H23N3O3S/c1-28-19-8-6-16(7-9-19)10-11-24-22(27)13-18-15-30-23-25-21(14-26(18)23)17-4-3-5-20(12-17)29-2/h3-9,12,14-15H,10-11,13H2,1-2H3,(H,24,27). The third-order valence-corrected chi connectivity index (χ3v) is 5.77. The maximum absolute atomic E-state index is 12.4. The fourth-order valence-electron chi connectivity index (χ4n) is 3.24. The second-order valence-electron chi connectivity index (χ2n) is 6.86. The molecule has 7 heteroatoms. The zero-order valence-corrected chi connectivity index (χ0v) is 17.7. The molecule has 0 aliphatic carbocycles. The average Bonchev–Trinajstić information content (AvgIpc) is 3.36. The molecule has 0 bridgehead atoms. The Morgan fingerprint density at radius 3 is 2.67 bits per heavy atom. The smallest absolute Gasteiger partial charge is 0.225 e. The second-order valence-corrected chi connectivity index (χ2v) is 7.70. The van der Waals surface area contributed by atoms with E-state index in [2.05, 4.69) is 10.3 Å². The Bertz CT molecular complexity index is 1150. The molecule has 0 unspecified atom stereocenters. The number of nitrogens with zero attached hydrogens (tertiary/aromatic N) is 2. The molecule has 2 aromatic heterocycles. The summed E-state index contributed by atoms with van der Waals surface area (Å²) in [5.74, 6) is 1.62. The lowest BCUT2D eigenvalue weighted by Crippen LogP contribution is -2.27. The van der Waals surface area contributed by atoms with Crippen LogP contribution in [-0.2, 0) is 17.6 Å². The molecule has 0 aliphatic rings. The van der Waals surface area contributed by atoms with Crippen molar-refractivity contribution in [1.82, 2.24) is 14.7 Å². The van der Waals surface area contributed by atoms with Crippen molar-refractivity contribution in [2.24, 2.45) is 0 Å². The van der Waals surface area contributed by atoms with Crippen molar-refractivity contribution in [3.8, 4) is 22.8 Å². The van der Waals surface area contributed by atoms with Crippen LogP contribution >= 0.6 is 11.3 Å². The Kier molecular flexibility index (Phi) is 5.99. The lowest BCUT2D eigenvalue weighted by Gasteiger charge is -2.06. The van der Waals surface area contributed by atoms with Crippen LogP contribution in [0.4, 0.5) is 0 Å². The number of hydrogen-bond acceptors (Lipinski definition) is 5. The number of carbonyl (C=O) groups is 1. The lowest BCUT2D eigenvalue weighted by atomic mass is 10.1. The second kappa shape index (κ2) is 9.00. The highest BCUT2D eigenvalue weighted by Crippen LogP contribution is 2.26. The van der Waals surface area contributed by atoms with E-state index in [1.165, 1.54) is 11.3 Å². The molecule has 154 valence electrons. The third-order valence-electron chi connectivity index (χ3n) is 4.89. The van der Waals surface area contributed by atoms with Crippen LogP contribution in [-0.4, -0.2) is 36.1 Å². The van der Waals surface area contributed by atoms with Gasteiger partial charge < -0.3 is 14.8 Å². The summed E-state index contributed by atoms with van der Waals surface area (Å²) in [5, 5.41) is 4.99. The number of nitrogens with one attached hydrogen (secondary N) is 1. The highest BCUT2D eigenvalue weighted by Gasteiger charge is 2.13. The van der Waals surface area contributed by atoms with E-state index in [1.54, 1.807) is 14.2 Å². The van der Waals surface area contributed by atoms with Gasteiger partial charge in [-0.05, 0) is 36.2 Å². The van der Waals surface area contributed by atoms with Crippen LogP contribution in [0.15, 0.2) is 60.1 Å². The molecule has 0 radical (unpaired) electrons. The van der Waals surface area contributed by atoms with E-state index in [0.29, 0.717) is 13.0 Å². The normalized spacial score (nSPS) is 10.9. The SMILES string of the molecule is COc1ccc(CCNC(=O)Cc2csc3nc(-c4cccc(OC)c4)cn23)cc1. The van der Waals surface area contributed by atoms with Gasteiger partial charge in [-0.3, -0.25) is 9.20 Å². The van der Waals surface area contributed by atoms with Crippen molar-refractivity contribution in [3.63, 3.8) is 0 Å². The van der Waals surface area contributed by atoms with E-state index in [9.17, 15) is 4.79 Å². The summed E-state index contributed by atoms with van der Waals surface area (Å²) in [6.07, 6.45) is 3.07. The van der Waals surface area contributed by atoms with Crippen molar-refractivity contribution in [2.45, 2.75) is 12.8 Å². The van der Waals surface area contributed by atoms with Crippen LogP contribution in [0.25, 0.3) is 16.2 Å². The maximum Gasteiger partial charge on any atom is 0.225 e. The largest absolute Gasteiger partial charge is 0.497 e. The number of methoxy groups -OCH3 is 2. The maximum atomic E-state index is 12.4. The number of thiazole rings is 1. The van der Waals surface area contributed by atoms with Gasteiger partial charge in [0.25, 0.3) is 0 Å². The van der Waals surface area contributed by atoms with Gasteiger partial charge in [0.2, 0.25) is 5.91 Å². The first kappa shape index (κ1) is 20.0. The van der Waals surface area contributed by atoms with Gasteiger partial charge in [-0.15, -0.1) is 11.3 Å². The zero-order valence-electron chi connectivity index (χ0n) is 16.9. The Morgan fingerprint density at radius 2 is 1.90 bits per heavy atom. The monoisotopic (exact) mass is 421 g/mol. The van der Waals surface area contributed by atoms with Gasteiger partial charge in [0.1, 0.15) is 11.5 Å². The van der Waals surface area contributed by atoms with Gasteiger partial charge in [-0.25, -0.2) is 4.98 Å². The summed E-state index contributed by atoms with van der Waals surface area (Å²) in [6.45, 7) is 0.595. The molecular weight excluding hydrogens is 398 g/mol. The van der Waals surface area contributed by atoms with E-state index in [1.807, 2.05) is 64.5 Å². The fraction of sp³-hybridized carbons (Fsp3) is 0.217. The first-order chi connectivity index (χ1) is 14.7. The van der Waals surface area contributed by atoms with Crippen molar-refractivity contribution < 1.29 is 14.3 Å². The summed E-state index contributed by atoms with van der Waals surface area (Å²) in [7, 11) is 3.30. The average molecular weight is 422 g/mol. The fourth-order valence-corrected chi connectivity index (χ4v) is 4.12. The summed E-state index contributed by atoms with van der Waals surface area (Å²) in [5.41, 5.74) is 3.94. The molecule has 2 aromatic carbocycles. The molecular formula is C23H23N3O3S. The Labute approximate surface area is 179 Å². The molecule has 0 spiro atoms. The molecule has 0 atom stereocenters. The Hall–Kier alpha value is -3.32.